The Balaban J connectivity index is 2.24. The van der Waals surface area contributed by atoms with Crippen LogP contribution in [0.2, 0.25) is 5.02 Å². The first-order valence-electron chi connectivity index (χ1n) is 5.69. The molecule has 5 heteroatoms. The first-order valence-corrected chi connectivity index (χ1v) is 6.07. The topological polar surface area (TPSA) is 35.5 Å². The number of hydrogen-bond acceptors (Lipinski definition) is 3. The maximum absolute atomic E-state index is 13.4. The molecule has 1 aliphatic heterocycles. The Labute approximate surface area is 105 Å². The SMILES string of the molecule is Cc1c(Cl)cc(F)c(O)c1CN1CCNCC1. The molecule has 0 spiro atoms. The molecule has 0 amide bonds. The quantitative estimate of drug-likeness (QED) is 0.851. The zero-order chi connectivity index (χ0) is 12.4. The molecule has 2 rings (SSSR count). The summed E-state index contributed by atoms with van der Waals surface area (Å²) in [6.45, 7) is 5.97. The minimum absolute atomic E-state index is 0.273. The molecule has 0 aromatic heterocycles. The summed E-state index contributed by atoms with van der Waals surface area (Å²) in [7, 11) is 0. The number of nitrogens with zero attached hydrogens (tertiary/aromatic N) is 1. The Morgan fingerprint density at radius 3 is 2.76 bits per heavy atom. The van der Waals surface area contributed by atoms with Crippen LogP contribution in [0.3, 0.4) is 0 Å². The monoisotopic (exact) mass is 258 g/mol. The van der Waals surface area contributed by atoms with Crippen LogP contribution in [0.1, 0.15) is 11.1 Å². The molecule has 0 atom stereocenters. The van der Waals surface area contributed by atoms with Gasteiger partial charge in [-0.25, -0.2) is 4.39 Å². The van der Waals surface area contributed by atoms with E-state index in [-0.39, 0.29) is 5.75 Å². The molecule has 0 bridgehead atoms. The second-order valence-electron chi connectivity index (χ2n) is 4.32. The van der Waals surface area contributed by atoms with Crippen molar-refractivity contribution in [2.75, 3.05) is 26.2 Å². The van der Waals surface area contributed by atoms with Crippen LogP contribution in [0.15, 0.2) is 6.07 Å². The lowest BCUT2D eigenvalue weighted by Crippen LogP contribution is -2.43. The van der Waals surface area contributed by atoms with Crippen molar-refractivity contribution < 1.29 is 9.50 Å². The summed E-state index contributed by atoms with van der Waals surface area (Å²) < 4.78 is 13.4. The molecular formula is C12H16ClFN2O. The van der Waals surface area contributed by atoms with Gasteiger partial charge in [-0.1, -0.05) is 11.6 Å². The largest absolute Gasteiger partial charge is 0.505 e. The van der Waals surface area contributed by atoms with E-state index in [1.165, 1.54) is 0 Å². The van der Waals surface area contributed by atoms with Crippen molar-refractivity contribution in [2.45, 2.75) is 13.5 Å². The second kappa shape index (κ2) is 5.21. The van der Waals surface area contributed by atoms with Gasteiger partial charge in [-0.2, -0.15) is 0 Å². The summed E-state index contributed by atoms with van der Waals surface area (Å²) in [4.78, 5) is 2.17. The van der Waals surface area contributed by atoms with E-state index in [4.69, 9.17) is 11.6 Å². The van der Waals surface area contributed by atoms with Crippen molar-refractivity contribution in [2.24, 2.45) is 0 Å². The smallest absolute Gasteiger partial charge is 0.166 e. The summed E-state index contributed by atoms with van der Waals surface area (Å²) >= 11 is 5.93. The molecule has 1 heterocycles. The van der Waals surface area contributed by atoms with E-state index >= 15 is 0 Å². The summed E-state index contributed by atoms with van der Waals surface area (Å²) in [5.74, 6) is -0.920. The molecule has 0 saturated carbocycles. The number of rotatable bonds is 2. The summed E-state index contributed by atoms with van der Waals surface area (Å²) in [5, 5.41) is 13.4. The fourth-order valence-corrected chi connectivity index (χ4v) is 2.25. The average molecular weight is 259 g/mol. The van der Waals surface area contributed by atoms with Crippen LogP contribution < -0.4 is 5.32 Å². The number of phenolic OH excluding ortho intramolecular Hbond substituents is 1. The van der Waals surface area contributed by atoms with E-state index in [1.54, 1.807) is 6.92 Å². The number of hydrogen-bond donors (Lipinski definition) is 2. The second-order valence-corrected chi connectivity index (χ2v) is 4.73. The predicted octanol–water partition coefficient (Wildman–Crippen LogP) is 1.90. The van der Waals surface area contributed by atoms with Crippen molar-refractivity contribution in [3.8, 4) is 5.75 Å². The van der Waals surface area contributed by atoms with Crippen molar-refractivity contribution in [3.05, 3.63) is 28.0 Å². The molecule has 0 aliphatic carbocycles. The molecule has 1 aliphatic rings. The molecule has 0 radical (unpaired) electrons. The van der Waals surface area contributed by atoms with E-state index in [1.807, 2.05) is 0 Å². The summed E-state index contributed by atoms with van der Waals surface area (Å²) in [6.07, 6.45) is 0. The Morgan fingerprint density at radius 1 is 1.47 bits per heavy atom. The van der Waals surface area contributed by atoms with Crippen LogP contribution in [-0.4, -0.2) is 36.2 Å². The number of piperazine rings is 1. The number of nitrogens with one attached hydrogen (secondary N) is 1. The fourth-order valence-electron chi connectivity index (χ4n) is 2.04. The molecule has 3 nitrogen and oxygen atoms in total. The van der Waals surface area contributed by atoms with Gasteiger partial charge in [-0.3, -0.25) is 4.90 Å². The van der Waals surface area contributed by atoms with Crippen LogP contribution in [0.25, 0.3) is 0 Å². The third kappa shape index (κ3) is 2.70. The molecule has 1 saturated heterocycles. The third-order valence-electron chi connectivity index (χ3n) is 3.17. The highest BCUT2D eigenvalue weighted by atomic mass is 35.5. The van der Waals surface area contributed by atoms with Gasteiger partial charge in [-0.05, 0) is 18.6 Å². The van der Waals surface area contributed by atoms with Gasteiger partial charge >= 0.3 is 0 Å². The lowest BCUT2D eigenvalue weighted by molar-refractivity contribution is 0.229. The maximum atomic E-state index is 13.4. The number of halogens is 2. The Morgan fingerprint density at radius 2 is 2.12 bits per heavy atom. The van der Waals surface area contributed by atoms with Crippen LogP contribution in [0.4, 0.5) is 4.39 Å². The Bertz CT molecular complexity index is 393. The van der Waals surface area contributed by atoms with Crippen molar-refractivity contribution in [3.63, 3.8) is 0 Å². The highest BCUT2D eigenvalue weighted by Crippen LogP contribution is 2.31. The lowest BCUT2D eigenvalue weighted by Gasteiger charge is -2.28. The summed E-state index contributed by atoms with van der Waals surface area (Å²) in [5.41, 5.74) is 1.35. The van der Waals surface area contributed by atoms with Crippen molar-refractivity contribution in [1.82, 2.24) is 10.2 Å². The van der Waals surface area contributed by atoms with Gasteiger partial charge in [0.1, 0.15) is 0 Å². The highest BCUT2D eigenvalue weighted by Gasteiger charge is 2.18. The zero-order valence-corrected chi connectivity index (χ0v) is 10.5. The molecule has 17 heavy (non-hydrogen) atoms. The molecule has 1 fully saturated rings. The Hall–Kier alpha value is -0.840. The number of aromatic hydroxyl groups is 1. The normalized spacial score (nSPS) is 17.4. The van der Waals surface area contributed by atoms with Gasteiger partial charge in [-0.15, -0.1) is 0 Å². The highest BCUT2D eigenvalue weighted by molar-refractivity contribution is 6.31. The minimum atomic E-state index is -0.647. The average Bonchev–Trinajstić information content (AvgIpc) is 2.33. The third-order valence-corrected chi connectivity index (χ3v) is 3.56. The maximum Gasteiger partial charge on any atom is 0.166 e. The van der Waals surface area contributed by atoms with Gasteiger partial charge in [0.2, 0.25) is 0 Å². The van der Waals surface area contributed by atoms with Gasteiger partial charge in [0, 0.05) is 43.3 Å². The van der Waals surface area contributed by atoms with Gasteiger partial charge in [0.05, 0.1) is 0 Å². The standard InChI is InChI=1S/C12H16ClFN2O/c1-8-9(7-16-4-2-15-3-5-16)12(17)11(14)6-10(8)13/h6,15,17H,2-5,7H2,1H3. The van der Waals surface area contributed by atoms with E-state index in [9.17, 15) is 9.50 Å². The number of phenols is 1. The number of benzene rings is 1. The van der Waals surface area contributed by atoms with Gasteiger partial charge < -0.3 is 10.4 Å². The first kappa shape index (κ1) is 12.6. The van der Waals surface area contributed by atoms with Crippen molar-refractivity contribution in [1.29, 1.82) is 0 Å². The fraction of sp³-hybridized carbons (Fsp3) is 0.500. The van der Waals surface area contributed by atoms with E-state index < -0.39 is 5.82 Å². The van der Waals surface area contributed by atoms with E-state index in [0.717, 1.165) is 37.8 Å². The van der Waals surface area contributed by atoms with Crippen LogP contribution >= 0.6 is 11.6 Å². The lowest BCUT2D eigenvalue weighted by atomic mass is 10.1. The molecule has 94 valence electrons. The Kier molecular flexibility index (Phi) is 3.86. The zero-order valence-electron chi connectivity index (χ0n) is 9.76. The predicted molar refractivity (Wildman–Crippen MR) is 66.0 cm³/mol. The van der Waals surface area contributed by atoms with E-state index in [0.29, 0.717) is 17.1 Å². The van der Waals surface area contributed by atoms with Crippen LogP contribution in [0, 0.1) is 12.7 Å². The van der Waals surface area contributed by atoms with Gasteiger partial charge in [0.25, 0.3) is 0 Å². The van der Waals surface area contributed by atoms with Crippen LogP contribution in [-0.2, 0) is 6.54 Å². The van der Waals surface area contributed by atoms with Gasteiger partial charge in [0.15, 0.2) is 11.6 Å². The first-order chi connectivity index (χ1) is 8.09. The molecule has 2 N–H and O–H groups in total. The molecular weight excluding hydrogens is 243 g/mol. The molecule has 0 unspecified atom stereocenters. The van der Waals surface area contributed by atoms with E-state index in [2.05, 4.69) is 10.2 Å². The van der Waals surface area contributed by atoms with Crippen LogP contribution in [0.5, 0.6) is 5.75 Å². The minimum Gasteiger partial charge on any atom is -0.505 e. The molecule has 1 aromatic rings. The molecule has 1 aromatic carbocycles. The summed E-state index contributed by atoms with van der Waals surface area (Å²) in [6, 6.07) is 1.16. The van der Waals surface area contributed by atoms with Crippen molar-refractivity contribution >= 4 is 11.6 Å².